The molecule has 0 bridgehead atoms. The fraction of sp³-hybridized carbons (Fsp3) is 0.115. The zero-order valence-electron chi connectivity index (χ0n) is 17.4. The van der Waals surface area contributed by atoms with Gasteiger partial charge in [0.25, 0.3) is 5.69 Å². The summed E-state index contributed by atoms with van der Waals surface area (Å²) in [5, 5.41) is 14.2. The molecule has 2 aliphatic heterocycles. The van der Waals surface area contributed by atoms with Crippen molar-refractivity contribution in [3.8, 4) is 0 Å². The van der Waals surface area contributed by atoms with Gasteiger partial charge in [-0.3, -0.25) is 10.1 Å². The Morgan fingerprint density at radius 1 is 1.03 bits per heavy atom. The Morgan fingerprint density at radius 3 is 2.67 bits per heavy atom. The Labute approximate surface area is 194 Å². The number of thioether (sulfide) groups is 1. The van der Waals surface area contributed by atoms with Crippen molar-refractivity contribution in [1.29, 1.82) is 0 Å². The monoisotopic (exact) mass is 455 g/mol. The van der Waals surface area contributed by atoms with Crippen LogP contribution in [0.15, 0.2) is 88.8 Å². The number of aryl methyl sites for hydroxylation is 1. The Kier molecular flexibility index (Phi) is 4.66. The van der Waals surface area contributed by atoms with E-state index in [2.05, 4.69) is 23.1 Å². The number of hydrogen-bond donors (Lipinski definition) is 0. The van der Waals surface area contributed by atoms with Crippen molar-refractivity contribution in [2.24, 2.45) is 4.99 Å². The predicted octanol–water partition coefficient (Wildman–Crippen LogP) is 6.55. The largest absolute Gasteiger partial charge is 0.308 e. The molecule has 0 fully saturated rings. The topological polar surface area (TPSA) is 58.7 Å². The van der Waals surface area contributed by atoms with Crippen molar-refractivity contribution < 1.29 is 9.31 Å². The maximum Gasteiger partial charge on any atom is 0.270 e. The number of nitrogens with zero attached hydrogens (tertiary/aromatic N) is 3. The van der Waals surface area contributed by atoms with Crippen molar-refractivity contribution in [3.63, 3.8) is 0 Å². The van der Waals surface area contributed by atoms with Crippen molar-refractivity contribution in [2.75, 3.05) is 0 Å². The van der Waals surface area contributed by atoms with Crippen molar-refractivity contribution in [3.05, 3.63) is 122 Å². The van der Waals surface area contributed by atoms with E-state index in [1.54, 1.807) is 12.1 Å². The van der Waals surface area contributed by atoms with Gasteiger partial charge in [-0.05, 0) is 41.7 Å². The molecule has 3 aliphatic rings. The van der Waals surface area contributed by atoms with Gasteiger partial charge in [-0.25, -0.2) is 9.38 Å². The Bertz CT molecular complexity index is 1390. The molecule has 1 aliphatic carbocycles. The SMILES string of the molecule is O=[N+]([O-])c1cccc(C2=CSC3=NC4=C(CCc5ccccc54)[C@H](c4ccc(F)cc4)N23)c1. The summed E-state index contributed by atoms with van der Waals surface area (Å²) >= 11 is 1.51. The molecule has 5 nitrogen and oxygen atoms in total. The number of non-ortho nitro benzene ring substituents is 1. The van der Waals surface area contributed by atoms with Crippen molar-refractivity contribution in [1.82, 2.24) is 4.90 Å². The number of amidine groups is 1. The molecule has 33 heavy (non-hydrogen) atoms. The zero-order valence-corrected chi connectivity index (χ0v) is 18.3. The summed E-state index contributed by atoms with van der Waals surface area (Å²) in [7, 11) is 0. The molecule has 7 heteroatoms. The van der Waals surface area contributed by atoms with Gasteiger partial charge >= 0.3 is 0 Å². The third kappa shape index (κ3) is 3.27. The van der Waals surface area contributed by atoms with E-state index < -0.39 is 0 Å². The first-order valence-electron chi connectivity index (χ1n) is 10.7. The van der Waals surface area contributed by atoms with Gasteiger partial charge in [0.1, 0.15) is 5.82 Å². The summed E-state index contributed by atoms with van der Waals surface area (Å²) in [6, 6.07) is 21.5. The maximum absolute atomic E-state index is 13.8. The number of hydrogen-bond acceptors (Lipinski definition) is 5. The summed E-state index contributed by atoms with van der Waals surface area (Å²) in [6.45, 7) is 0. The molecule has 0 saturated heterocycles. The van der Waals surface area contributed by atoms with Gasteiger partial charge < -0.3 is 4.90 Å². The summed E-state index contributed by atoms with van der Waals surface area (Å²) in [6.07, 6.45) is 1.75. The highest BCUT2D eigenvalue weighted by atomic mass is 32.2. The van der Waals surface area contributed by atoms with Crippen LogP contribution in [0.3, 0.4) is 0 Å². The van der Waals surface area contributed by atoms with Gasteiger partial charge in [-0.15, -0.1) is 0 Å². The van der Waals surface area contributed by atoms with Gasteiger partial charge in [-0.1, -0.05) is 60.3 Å². The number of halogens is 1. The highest BCUT2D eigenvalue weighted by Gasteiger charge is 2.40. The molecule has 0 unspecified atom stereocenters. The van der Waals surface area contributed by atoms with E-state index in [1.807, 2.05) is 29.7 Å². The van der Waals surface area contributed by atoms with E-state index in [1.165, 1.54) is 41.1 Å². The van der Waals surface area contributed by atoms with Crippen LogP contribution in [0, 0.1) is 15.9 Å². The smallest absolute Gasteiger partial charge is 0.270 e. The van der Waals surface area contributed by atoms with Crippen LogP contribution in [0.25, 0.3) is 11.4 Å². The number of aliphatic imine (C=N–C) groups is 1. The minimum atomic E-state index is -0.381. The standard InChI is InChI=1S/C26H18FN3O2S/c27-19-11-8-17(9-12-19)25-22-13-10-16-4-1-2-7-21(16)24(22)28-26-29(25)23(15-33-26)18-5-3-6-20(14-18)30(31)32/h1-9,11-12,14-15,25H,10,13H2/t25-/m0/s1. The van der Waals surface area contributed by atoms with Gasteiger partial charge in [0.05, 0.1) is 22.4 Å². The normalized spacial score (nSPS) is 18.8. The average molecular weight is 456 g/mol. The van der Waals surface area contributed by atoms with Crippen LogP contribution in [0.2, 0.25) is 0 Å². The van der Waals surface area contributed by atoms with E-state index in [0.29, 0.717) is 0 Å². The van der Waals surface area contributed by atoms with Crippen LogP contribution in [-0.2, 0) is 6.42 Å². The minimum Gasteiger partial charge on any atom is -0.308 e. The Morgan fingerprint density at radius 2 is 1.85 bits per heavy atom. The van der Waals surface area contributed by atoms with E-state index in [4.69, 9.17) is 4.99 Å². The highest BCUT2D eigenvalue weighted by Crippen LogP contribution is 2.51. The molecule has 0 amide bonds. The van der Waals surface area contributed by atoms with Gasteiger partial charge in [0.2, 0.25) is 0 Å². The average Bonchev–Trinajstić information content (AvgIpc) is 3.27. The van der Waals surface area contributed by atoms with Crippen molar-refractivity contribution >= 4 is 34.0 Å². The molecule has 0 N–H and O–H groups in total. The summed E-state index contributed by atoms with van der Waals surface area (Å²) in [4.78, 5) is 18.2. The van der Waals surface area contributed by atoms with Crippen LogP contribution in [0.5, 0.6) is 0 Å². The summed E-state index contributed by atoms with van der Waals surface area (Å²) in [5.74, 6) is -0.281. The third-order valence-electron chi connectivity index (χ3n) is 6.32. The second kappa shape index (κ2) is 7.71. The third-order valence-corrected chi connectivity index (χ3v) is 7.16. The van der Waals surface area contributed by atoms with Crippen LogP contribution in [-0.4, -0.2) is 15.0 Å². The lowest BCUT2D eigenvalue weighted by Gasteiger charge is -2.39. The molecule has 162 valence electrons. The quantitative estimate of drug-likeness (QED) is 0.332. The highest BCUT2D eigenvalue weighted by molar-refractivity contribution is 8.16. The number of nitro benzene ring substituents is 1. The summed E-state index contributed by atoms with van der Waals surface area (Å²) < 4.78 is 13.8. The van der Waals surface area contributed by atoms with Crippen LogP contribution >= 0.6 is 11.8 Å². The summed E-state index contributed by atoms with van der Waals surface area (Å²) in [5.41, 5.74) is 7.22. The fourth-order valence-electron chi connectivity index (χ4n) is 4.82. The molecule has 0 aromatic heterocycles. The molecule has 1 atom stereocenters. The molecule has 0 saturated carbocycles. The zero-order chi connectivity index (χ0) is 22.5. The maximum atomic E-state index is 13.8. The van der Waals surface area contributed by atoms with E-state index >= 15 is 0 Å². The molecule has 2 heterocycles. The fourth-order valence-corrected chi connectivity index (χ4v) is 5.74. The number of benzene rings is 3. The first kappa shape index (κ1) is 19.9. The van der Waals surface area contributed by atoms with Crippen LogP contribution in [0.4, 0.5) is 10.1 Å². The molecular formula is C26H18FN3O2S. The van der Waals surface area contributed by atoms with Gasteiger partial charge in [0, 0.05) is 28.7 Å². The Balaban J connectivity index is 1.52. The van der Waals surface area contributed by atoms with Gasteiger partial charge in [-0.2, -0.15) is 0 Å². The lowest BCUT2D eigenvalue weighted by atomic mass is 9.82. The molecule has 0 radical (unpaired) electrons. The van der Waals surface area contributed by atoms with Crippen LogP contribution < -0.4 is 0 Å². The lowest BCUT2D eigenvalue weighted by molar-refractivity contribution is -0.384. The van der Waals surface area contributed by atoms with E-state index in [9.17, 15) is 14.5 Å². The van der Waals surface area contributed by atoms with Gasteiger partial charge in [0.15, 0.2) is 5.17 Å². The molecule has 3 aromatic rings. The molecule has 6 rings (SSSR count). The number of rotatable bonds is 3. The predicted molar refractivity (Wildman–Crippen MR) is 129 cm³/mol. The second-order valence-corrected chi connectivity index (χ2v) is 9.01. The number of fused-ring (bicyclic) bond motifs is 3. The minimum absolute atomic E-state index is 0.0469. The Hall–Kier alpha value is -3.71. The second-order valence-electron chi connectivity index (χ2n) is 8.18. The van der Waals surface area contributed by atoms with Crippen LogP contribution in [0.1, 0.15) is 34.7 Å². The number of nitro groups is 1. The van der Waals surface area contributed by atoms with E-state index in [0.717, 1.165) is 46.1 Å². The molecule has 3 aromatic carbocycles. The van der Waals surface area contributed by atoms with E-state index in [-0.39, 0.29) is 22.5 Å². The molecule has 0 spiro atoms. The first-order chi connectivity index (χ1) is 16.1. The van der Waals surface area contributed by atoms with Crippen molar-refractivity contribution in [2.45, 2.75) is 18.9 Å². The first-order valence-corrected chi connectivity index (χ1v) is 11.5. The molecular weight excluding hydrogens is 437 g/mol. The lowest BCUT2D eigenvalue weighted by Crippen LogP contribution is -2.34.